The molecule has 2 N–H and O–H groups in total. The van der Waals surface area contributed by atoms with Crippen LogP contribution in [0.4, 0.5) is 4.79 Å². The maximum atomic E-state index is 12.7. The highest BCUT2D eigenvalue weighted by Crippen LogP contribution is 2.26. The van der Waals surface area contributed by atoms with Crippen molar-refractivity contribution in [2.45, 2.75) is 26.7 Å². The maximum absolute atomic E-state index is 12.7. The second-order valence-electron chi connectivity index (χ2n) is 7.14. The zero-order chi connectivity index (χ0) is 22.1. The van der Waals surface area contributed by atoms with Gasteiger partial charge in [0.1, 0.15) is 17.4 Å². The Morgan fingerprint density at radius 2 is 2.23 bits per heavy atom. The minimum absolute atomic E-state index is 0.0899. The zero-order valence-corrected chi connectivity index (χ0v) is 19.3. The van der Waals surface area contributed by atoms with Gasteiger partial charge < -0.3 is 24.8 Å². The van der Waals surface area contributed by atoms with E-state index in [1.165, 1.54) is 11.3 Å². The van der Waals surface area contributed by atoms with Crippen LogP contribution in [-0.2, 0) is 24.5 Å². The molecule has 1 aromatic carbocycles. The van der Waals surface area contributed by atoms with Crippen LogP contribution in [0.25, 0.3) is 0 Å². The summed E-state index contributed by atoms with van der Waals surface area (Å²) in [4.78, 5) is 21.1. The van der Waals surface area contributed by atoms with Crippen molar-refractivity contribution in [3.63, 3.8) is 0 Å². The topological polar surface area (TPSA) is 87.2 Å². The Balaban J connectivity index is 1.69. The molecule has 0 radical (unpaired) electrons. The minimum Gasteiger partial charge on any atom is -0.486 e. The fraction of sp³-hybridized carbons (Fsp3) is 0.524. The van der Waals surface area contributed by atoms with Gasteiger partial charge in [-0.2, -0.15) is 0 Å². The number of morpholine rings is 1. The molecule has 1 saturated heterocycles. The van der Waals surface area contributed by atoms with Crippen LogP contribution in [0, 0.1) is 0 Å². The van der Waals surface area contributed by atoms with E-state index in [1.807, 2.05) is 24.4 Å². The van der Waals surface area contributed by atoms with Gasteiger partial charge in [0.15, 0.2) is 0 Å². The molecule has 2 heterocycles. The van der Waals surface area contributed by atoms with Crippen molar-refractivity contribution < 1.29 is 19.4 Å². The second-order valence-corrected chi connectivity index (χ2v) is 8.52. The van der Waals surface area contributed by atoms with Crippen molar-refractivity contribution in [2.75, 3.05) is 45.9 Å². The van der Waals surface area contributed by atoms with Gasteiger partial charge in [0.05, 0.1) is 32.1 Å². The van der Waals surface area contributed by atoms with E-state index < -0.39 is 0 Å². The number of aliphatic hydroxyl groups excluding tert-OH is 1. The van der Waals surface area contributed by atoms with Gasteiger partial charge in [-0.1, -0.05) is 11.6 Å². The van der Waals surface area contributed by atoms with Crippen LogP contribution in [0.3, 0.4) is 0 Å². The molecular formula is C21H29ClN4O4S. The summed E-state index contributed by atoms with van der Waals surface area (Å²) in [6.07, 6.45) is 0. The van der Waals surface area contributed by atoms with Crippen molar-refractivity contribution in [3.8, 4) is 5.75 Å². The summed E-state index contributed by atoms with van der Waals surface area (Å²) >= 11 is 7.68. The van der Waals surface area contributed by atoms with Crippen LogP contribution in [0.5, 0.6) is 5.75 Å². The largest absolute Gasteiger partial charge is 0.486 e. The molecule has 0 aliphatic carbocycles. The van der Waals surface area contributed by atoms with Crippen LogP contribution in [0.15, 0.2) is 23.6 Å². The number of amides is 2. The van der Waals surface area contributed by atoms with Crippen molar-refractivity contribution in [3.05, 3.63) is 44.9 Å². The molecule has 0 saturated carbocycles. The Hall–Kier alpha value is -1.91. The van der Waals surface area contributed by atoms with Gasteiger partial charge >= 0.3 is 6.03 Å². The van der Waals surface area contributed by atoms with E-state index in [0.717, 1.165) is 43.4 Å². The number of thiazole rings is 1. The lowest BCUT2D eigenvalue weighted by Crippen LogP contribution is -2.45. The predicted molar refractivity (Wildman–Crippen MR) is 121 cm³/mol. The maximum Gasteiger partial charge on any atom is 0.317 e. The number of benzene rings is 1. The van der Waals surface area contributed by atoms with Gasteiger partial charge in [0.2, 0.25) is 0 Å². The number of rotatable bonds is 10. The highest BCUT2D eigenvalue weighted by Gasteiger charge is 2.19. The number of halogens is 1. The van der Waals surface area contributed by atoms with Gasteiger partial charge in [-0.05, 0) is 25.1 Å². The Bertz CT molecular complexity index is 845. The predicted octanol–water partition coefficient (Wildman–Crippen LogP) is 2.73. The smallest absolute Gasteiger partial charge is 0.317 e. The van der Waals surface area contributed by atoms with E-state index >= 15 is 0 Å². The molecule has 0 spiro atoms. The summed E-state index contributed by atoms with van der Waals surface area (Å²) in [5.74, 6) is 0.658. The first-order valence-electron chi connectivity index (χ1n) is 10.4. The second kappa shape index (κ2) is 12.2. The van der Waals surface area contributed by atoms with Gasteiger partial charge in [-0.3, -0.25) is 4.90 Å². The third kappa shape index (κ3) is 7.33. The zero-order valence-electron chi connectivity index (χ0n) is 17.7. The number of nitrogens with zero attached hydrogens (tertiary/aromatic N) is 3. The van der Waals surface area contributed by atoms with Crippen LogP contribution in [0.2, 0.25) is 5.02 Å². The van der Waals surface area contributed by atoms with Crippen molar-refractivity contribution in [2.24, 2.45) is 0 Å². The summed E-state index contributed by atoms with van der Waals surface area (Å²) in [6.45, 7) is 7.60. The van der Waals surface area contributed by atoms with Gasteiger partial charge in [0.25, 0.3) is 0 Å². The monoisotopic (exact) mass is 468 g/mol. The molecule has 2 aromatic rings. The summed E-state index contributed by atoms with van der Waals surface area (Å²) in [5, 5.41) is 15.2. The highest BCUT2D eigenvalue weighted by molar-refractivity contribution is 7.09. The third-order valence-corrected chi connectivity index (χ3v) is 6.01. The fourth-order valence-electron chi connectivity index (χ4n) is 3.25. The number of aromatic nitrogens is 1. The number of nitrogens with one attached hydrogen (secondary N) is 1. The Kier molecular flexibility index (Phi) is 9.35. The molecule has 0 atom stereocenters. The first-order valence-corrected chi connectivity index (χ1v) is 11.6. The van der Waals surface area contributed by atoms with E-state index in [9.17, 15) is 9.90 Å². The molecule has 2 amide bonds. The van der Waals surface area contributed by atoms with Crippen LogP contribution >= 0.6 is 22.9 Å². The number of aliphatic hydroxyl groups is 1. The highest BCUT2D eigenvalue weighted by atomic mass is 35.5. The minimum atomic E-state index is -0.116. The van der Waals surface area contributed by atoms with Gasteiger partial charge in [0, 0.05) is 48.7 Å². The Morgan fingerprint density at radius 1 is 1.42 bits per heavy atom. The molecule has 3 rings (SSSR count). The van der Waals surface area contributed by atoms with Crippen molar-refractivity contribution in [1.29, 1.82) is 0 Å². The number of hydrogen-bond donors (Lipinski definition) is 2. The summed E-state index contributed by atoms with van der Waals surface area (Å²) < 4.78 is 11.4. The number of ether oxygens (including phenoxy) is 2. The standard InChI is InChI=1S/C21H29ClN4O4S/c1-2-23-21(28)26(6-5-25-7-9-29-10-8-25)12-16-11-17(22)3-4-19(16)30-14-20-24-18(13-27)15-31-20/h3-4,11,15,27H,2,5-10,12-14H2,1H3,(H,23,28). The molecule has 31 heavy (non-hydrogen) atoms. The SMILES string of the molecule is CCNC(=O)N(CCN1CCOCC1)Cc1cc(Cl)ccc1OCc1nc(CO)cs1. The lowest BCUT2D eigenvalue weighted by molar-refractivity contribution is 0.0346. The number of carbonyl (C=O) groups excluding carboxylic acids is 1. The molecule has 1 aromatic heterocycles. The van der Waals surface area contributed by atoms with E-state index in [-0.39, 0.29) is 19.2 Å². The summed E-state index contributed by atoms with van der Waals surface area (Å²) in [6, 6.07) is 5.30. The molecule has 10 heteroatoms. The molecule has 170 valence electrons. The molecule has 0 bridgehead atoms. The van der Waals surface area contributed by atoms with Crippen LogP contribution < -0.4 is 10.1 Å². The molecule has 8 nitrogen and oxygen atoms in total. The van der Waals surface area contributed by atoms with E-state index in [0.29, 0.717) is 36.1 Å². The van der Waals surface area contributed by atoms with Gasteiger partial charge in [-0.25, -0.2) is 9.78 Å². The normalized spacial score (nSPS) is 14.4. The van der Waals surface area contributed by atoms with E-state index in [2.05, 4.69) is 15.2 Å². The summed E-state index contributed by atoms with van der Waals surface area (Å²) in [5.41, 5.74) is 1.46. The average Bonchev–Trinajstić information content (AvgIpc) is 3.25. The first-order chi connectivity index (χ1) is 15.1. The first kappa shape index (κ1) is 23.7. The van der Waals surface area contributed by atoms with E-state index in [4.69, 9.17) is 21.1 Å². The molecule has 1 fully saturated rings. The number of hydrogen-bond acceptors (Lipinski definition) is 7. The lowest BCUT2D eigenvalue weighted by Gasteiger charge is -2.30. The van der Waals surface area contributed by atoms with E-state index in [1.54, 1.807) is 11.0 Å². The van der Waals surface area contributed by atoms with Crippen LogP contribution in [-0.4, -0.2) is 71.9 Å². The Labute approximate surface area is 191 Å². The van der Waals surface area contributed by atoms with Crippen LogP contribution in [0.1, 0.15) is 23.2 Å². The molecule has 1 aliphatic heterocycles. The fourth-order valence-corrected chi connectivity index (χ4v) is 4.14. The number of carbonyl (C=O) groups is 1. The third-order valence-electron chi connectivity index (χ3n) is 4.90. The molecule has 0 unspecified atom stereocenters. The molecular weight excluding hydrogens is 440 g/mol. The van der Waals surface area contributed by atoms with Crippen molar-refractivity contribution >= 4 is 29.0 Å². The average molecular weight is 469 g/mol. The molecule has 1 aliphatic rings. The lowest BCUT2D eigenvalue weighted by atomic mass is 10.2. The number of urea groups is 1. The quantitative estimate of drug-likeness (QED) is 0.557. The van der Waals surface area contributed by atoms with Crippen molar-refractivity contribution in [1.82, 2.24) is 20.1 Å². The summed E-state index contributed by atoms with van der Waals surface area (Å²) in [7, 11) is 0. The van der Waals surface area contributed by atoms with Gasteiger partial charge in [-0.15, -0.1) is 11.3 Å². The Morgan fingerprint density at radius 3 is 2.94 bits per heavy atom.